The Hall–Kier alpha value is -3.68. The Bertz CT molecular complexity index is 997. The lowest BCUT2D eigenvalue weighted by Gasteiger charge is -2.12. The molecule has 8 heteroatoms. The molecule has 30 heavy (non-hydrogen) atoms. The van der Waals surface area contributed by atoms with E-state index in [2.05, 4.69) is 14.5 Å². The summed E-state index contributed by atoms with van der Waals surface area (Å²) in [5.74, 6) is -1.10. The van der Waals surface area contributed by atoms with E-state index in [0.29, 0.717) is 11.1 Å². The SMILES string of the molecule is COC(=O)c1ccc(-c2cc(C(F)(F)F)cc(-c3ccc(C(=O)OC)cc3)n2)cc1. The van der Waals surface area contributed by atoms with Gasteiger partial charge in [0.1, 0.15) is 0 Å². The first-order valence-electron chi connectivity index (χ1n) is 8.69. The molecular weight excluding hydrogens is 399 g/mol. The molecular formula is C22H16F3NO4. The zero-order valence-corrected chi connectivity index (χ0v) is 16.0. The first kappa shape index (κ1) is 21.0. The lowest BCUT2D eigenvalue weighted by molar-refractivity contribution is -0.137. The Kier molecular flexibility index (Phi) is 5.86. The fraction of sp³-hybridized carbons (Fsp3) is 0.136. The van der Waals surface area contributed by atoms with Crippen LogP contribution in [0.2, 0.25) is 0 Å². The van der Waals surface area contributed by atoms with Gasteiger partial charge < -0.3 is 9.47 Å². The number of esters is 2. The molecule has 1 heterocycles. The average molecular weight is 415 g/mol. The Labute approximate surface area is 170 Å². The molecule has 3 rings (SSSR count). The second-order valence-electron chi connectivity index (χ2n) is 6.26. The van der Waals surface area contributed by atoms with Crippen LogP contribution in [0.5, 0.6) is 0 Å². The monoisotopic (exact) mass is 415 g/mol. The molecule has 0 fully saturated rings. The standard InChI is InChI=1S/C22H16F3NO4/c1-29-20(27)15-7-3-13(4-8-15)18-11-17(22(23,24)25)12-19(26-18)14-5-9-16(10-6-14)21(28)30-2/h3-12H,1-2H3. The minimum atomic E-state index is -4.58. The van der Waals surface area contributed by atoms with Gasteiger partial charge in [0.05, 0.1) is 42.3 Å². The maximum Gasteiger partial charge on any atom is 0.416 e. The lowest BCUT2D eigenvalue weighted by atomic mass is 10.0. The van der Waals surface area contributed by atoms with E-state index in [9.17, 15) is 22.8 Å². The van der Waals surface area contributed by atoms with E-state index in [1.54, 1.807) is 0 Å². The minimum absolute atomic E-state index is 0.0910. The highest BCUT2D eigenvalue weighted by Gasteiger charge is 2.32. The molecule has 0 aliphatic carbocycles. The number of carbonyl (C=O) groups excluding carboxylic acids is 2. The summed E-state index contributed by atoms with van der Waals surface area (Å²) in [7, 11) is 2.48. The van der Waals surface area contributed by atoms with Gasteiger partial charge in [-0.3, -0.25) is 0 Å². The van der Waals surface area contributed by atoms with E-state index in [1.807, 2.05) is 0 Å². The van der Waals surface area contributed by atoms with Crippen LogP contribution in [0.25, 0.3) is 22.5 Å². The van der Waals surface area contributed by atoms with Gasteiger partial charge in [-0.25, -0.2) is 14.6 Å². The van der Waals surface area contributed by atoms with Crippen LogP contribution in [-0.4, -0.2) is 31.1 Å². The molecule has 0 aliphatic heterocycles. The van der Waals surface area contributed by atoms with Gasteiger partial charge >= 0.3 is 18.1 Å². The Morgan fingerprint density at radius 3 is 1.40 bits per heavy atom. The summed E-state index contributed by atoms with van der Waals surface area (Å²) < 4.78 is 49.6. The van der Waals surface area contributed by atoms with Crippen molar-refractivity contribution in [3.63, 3.8) is 0 Å². The van der Waals surface area contributed by atoms with Crippen LogP contribution in [0.3, 0.4) is 0 Å². The van der Waals surface area contributed by atoms with Gasteiger partial charge in [-0.05, 0) is 36.4 Å². The van der Waals surface area contributed by atoms with E-state index in [-0.39, 0.29) is 22.5 Å². The predicted molar refractivity (Wildman–Crippen MR) is 103 cm³/mol. The van der Waals surface area contributed by atoms with E-state index in [1.165, 1.54) is 62.8 Å². The highest BCUT2D eigenvalue weighted by atomic mass is 19.4. The van der Waals surface area contributed by atoms with E-state index >= 15 is 0 Å². The largest absolute Gasteiger partial charge is 0.465 e. The number of nitrogens with zero attached hydrogens (tertiary/aromatic N) is 1. The number of hydrogen-bond acceptors (Lipinski definition) is 5. The van der Waals surface area contributed by atoms with Crippen molar-refractivity contribution < 1.29 is 32.2 Å². The van der Waals surface area contributed by atoms with Gasteiger partial charge in [0.15, 0.2) is 0 Å². The molecule has 0 saturated heterocycles. The summed E-state index contributed by atoms with van der Waals surface area (Å²) in [5, 5.41) is 0. The molecule has 0 unspecified atom stereocenters. The van der Waals surface area contributed by atoms with Gasteiger partial charge in [0.2, 0.25) is 0 Å². The normalized spacial score (nSPS) is 11.1. The number of methoxy groups -OCH3 is 2. The summed E-state index contributed by atoms with van der Waals surface area (Å²) >= 11 is 0. The summed E-state index contributed by atoms with van der Waals surface area (Å²) in [4.78, 5) is 27.5. The Morgan fingerprint density at radius 1 is 0.733 bits per heavy atom. The Balaban J connectivity index is 2.07. The topological polar surface area (TPSA) is 65.5 Å². The van der Waals surface area contributed by atoms with E-state index < -0.39 is 23.7 Å². The molecule has 0 amide bonds. The fourth-order valence-corrected chi connectivity index (χ4v) is 2.78. The maximum atomic E-state index is 13.5. The van der Waals surface area contributed by atoms with Crippen LogP contribution in [0.1, 0.15) is 26.3 Å². The van der Waals surface area contributed by atoms with E-state index in [0.717, 1.165) is 12.1 Å². The van der Waals surface area contributed by atoms with Gasteiger partial charge in [-0.15, -0.1) is 0 Å². The van der Waals surface area contributed by atoms with E-state index in [4.69, 9.17) is 0 Å². The molecule has 1 aromatic heterocycles. The zero-order chi connectivity index (χ0) is 21.9. The van der Waals surface area contributed by atoms with Crippen LogP contribution in [0, 0.1) is 0 Å². The van der Waals surface area contributed by atoms with Crippen molar-refractivity contribution in [2.24, 2.45) is 0 Å². The quantitative estimate of drug-likeness (QED) is 0.561. The fourth-order valence-electron chi connectivity index (χ4n) is 2.78. The van der Waals surface area contributed by atoms with Crippen LogP contribution in [0.15, 0.2) is 60.7 Å². The van der Waals surface area contributed by atoms with Crippen molar-refractivity contribution >= 4 is 11.9 Å². The summed E-state index contributed by atoms with van der Waals surface area (Å²) in [6, 6.07) is 13.7. The number of alkyl halides is 3. The molecule has 0 bridgehead atoms. The average Bonchev–Trinajstić information content (AvgIpc) is 2.77. The van der Waals surface area contributed by atoms with Crippen molar-refractivity contribution in [3.05, 3.63) is 77.4 Å². The number of rotatable bonds is 4. The zero-order valence-electron chi connectivity index (χ0n) is 16.0. The number of aromatic nitrogens is 1. The summed E-state index contributed by atoms with van der Waals surface area (Å²) in [5.41, 5.74) is 0.666. The third-order valence-corrected chi connectivity index (χ3v) is 4.36. The second kappa shape index (κ2) is 8.36. The van der Waals surface area contributed by atoms with Crippen molar-refractivity contribution in [3.8, 4) is 22.5 Å². The highest BCUT2D eigenvalue weighted by molar-refractivity contribution is 5.90. The third kappa shape index (κ3) is 4.48. The Morgan fingerprint density at radius 2 is 1.10 bits per heavy atom. The highest BCUT2D eigenvalue weighted by Crippen LogP contribution is 2.34. The molecule has 154 valence electrons. The molecule has 0 radical (unpaired) electrons. The first-order valence-corrected chi connectivity index (χ1v) is 8.69. The predicted octanol–water partition coefficient (Wildman–Crippen LogP) is 5.01. The smallest absolute Gasteiger partial charge is 0.416 e. The van der Waals surface area contributed by atoms with Gasteiger partial charge in [0.25, 0.3) is 0 Å². The molecule has 2 aromatic carbocycles. The number of halogens is 3. The number of ether oxygens (including phenoxy) is 2. The van der Waals surface area contributed by atoms with Crippen LogP contribution in [0.4, 0.5) is 13.2 Å². The molecule has 0 atom stereocenters. The number of carbonyl (C=O) groups is 2. The van der Waals surface area contributed by atoms with Crippen LogP contribution >= 0.6 is 0 Å². The van der Waals surface area contributed by atoms with Crippen molar-refractivity contribution in [1.29, 1.82) is 0 Å². The minimum Gasteiger partial charge on any atom is -0.465 e. The molecule has 0 aliphatic rings. The third-order valence-electron chi connectivity index (χ3n) is 4.36. The van der Waals surface area contributed by atoms with Gasteiger partial charge in [-0.1, -0.05) is 24.3 Å². The van der Waals surface area contributed by atoms with Crippen molar-refractivity contribution in [2.45, 2.75) is 6.18 Å². The first-order chi connectivity index (χ1) is 14.2. The maximum absolute atomic E-state index is 13.5. The van der Waals surface area contributed by atoms with Crippen molar-refractivity contribution in [2.75, 3.05) is 14.2 Å². The van der Waals surface area contributed by atoms with Crippen LogP contribution in [-0.2, 0) is 15.7 Å². The number of hydrogen-bond donors (Lipinski definition) is 0. The molecule has 0 saturated carbocycles. The lowest BCUT2D eigenvalue weighted by Crippen LogP contribution is -2.07. The number of benzene rings is 2. The number of pyridine rings is 1. The molecule has 0 spiro atoms. The molecule has 5 nitrogen and oxygen atoms in total. The summed E-state index contributed by atoms with van der Waals surface area (Å²) in [6.45, 7) is 0. The van der Waals surface area contributed by atoms with Crippen LogP contribution < -0.4 is 0 Å². The van der Waals surface area contributed by atoms with Crippen molar-refractivity contribution in [1.82, 2.24) is 4.98 Å². The summed E-state index contributed by atoms with van der Waals surface area (Å²) in [6.07, 6.45) is -4.58. The molecule has 3 aromatic rings. The van der Waals surface area contributed by atoms with Gasteiger partial charge in [0, 0.05) is 11.1 Å². The molecule has 0 N–H and O–H groups in total. The second-order valence-corrected chi connectivity index (χ2v) is 6.26. The van der Waals surface area contributed by atoms with Gasteiger partial charge in [-0.2, -0.15) is 13.2 Å².